The Balaban J connectivity index is 1.53. The van der Waals surface area contributed by atoms with E-state index in [1.54, 1.807) is 56.3 Å². The number of ether oxygens (including phenoxy) is 1. The topological polar surface area (TPSA) is 75.7 Å². The fourth-order valence-corrected chi connectivity index (χ4v) is 4.52. The van der Waals surface area contributed by atoms with Gasteiger partial charge in [0, 0.05) is 30.1 Å². The molecule has 2 amide bonds. The molecule has 0 aliphatic carbocycles. The molecule has 1 atom stereocenters. The first-order valence-electron chi connectivity index (χ1n) is 12.2. The van der Waals surface area contributed by atoms with Gasteiger partial charge in [-0.1, -0.05) is 60.7 Å². The highest BCUT2D eigenvalue weighted by atomic mass is 19.1. The minimum atomic E-state index is -0.723. The Labute approximate surface area is 215 Å². The van der Waals surface area contributed by atoms with E-state index in [2.05, 4.69) is 5.32 Å². The molecule has 0 spiro atoms. The van der Waals surface area contributed by atoms with E-state index in [0.29, 0.717) is 23.4 Å². The van der Waals surface area contributed by atoms with Gasteiger partial charge in [-0.05, 0) is 48.7 Å². The maximum Gasteiger partial charge on any atom is 0.336 e. The second-order valence-corrected chi connectivity index (χ2v) is 8.84. The molecule has 0 saturated heterocycles. The summed E-state index contributed by atoms with van der Waals surface area (Å²) in [5.41, 5.74) is 3.31. The molecule has 4 rings (SSSR count). The van der Waals surface area contributed by atoms with E-state index in [1.165, 1.54) is 11.0 Å². The number of nitrogens with one attached hydrogen (secondary N) is 1. The second kappa shape index (κ2) is 11.6. The summed E-state index contributed by atoms with van der Waals surface area (Å²) in [6.45, 7) is 4.19. The van der Waals surface area contributed by atoms with Crippen molar-refractivity contribution in [2.24, 2.45) is 0 Å². The van der Waals surface area contributed by atoms with Crippen molar-refractivity contribution in [3.63, 3.8) is 0 Å². The van der Waals surface area contributed by atoms with Crippen molar-refractivity contribution in [1.82, 2.24) is 10.2 Å². The molecule has 0 bridgehead atoms. The Kier molecular flexibility index (Phi) is 8.13. The fourth-order valence-electron chi connectivity index (χ4n) is 4.52. The molecule has 1 aliphatic heterocycles. The summed E-state index contributed by atoms with van der Waals surface area (Å²) in [5.74, 6) is -2.17. The lowest BCUT2D eigenvalue weighted by atomic mass is 9.83. The van der Waals surface area contributed by atoms with Gasteiger partial charge in [0.25, 0.3) is 5.91 Å². The third-order valence-electron chi connectivity index (χ3n) is 6.45. The van der Waals surface area contributed by atoms with Crippen LogP contribution in [0.25, 0.3) is 0 Å². The van der Waals surface area contributed by atoms with Gasteiger partial charge in [-0.2, -0.15) is 0 Å². The highest BCUT2D eigenvalue weighted by Crippen LogP contribution is 2.38. The molecule has 3 aromatic carbocycles. The van der Waals surface area contributed by atoms with Crippen molar-refractivity contribution in [1.29, 1.82) is 0 Å². The smallest absolute Gasteiger partial charge is 0.336 e. The van der Waals surface area contributed by atoms with E-state index in [9.17, 15) is 18.8 Å². The third-order valence-corrected chi connectivity index (χ3v) is 6.45. The van der Waals surface area contributed by atoms with E-state index < -0.39 is 17.7 Å². The van der Waals surface area contributed by atoms with Crippen LogP contribution >= 0.6 is 0 Å². The number of benzene rings is 3. The van der Waals surface area contributed by atoms with Gasteiger partial charge in [0.15, 0.2) is 0 Å². The van der Waals surface area contributed by atoms with Gasteiger partial charge in [0.1, 0.15) is 5.82 Å². The summed E-state index contributed by atoms with van der Waals surface area (Å²) in [6, 6.07) is 22.8. The molecule has 1 unspecified atom stereocenters. The van der Waals surface area contributed by atoms with Gasteiger partial charge in [-0.25, -0.2) is 9.18 Å². The maximum atomic E-state index is 14.6. The van der Waals surface area contributed by atoms with Crippen LogP contribution in [0.2, 0.25) is 0 Å². The van der Waals surface area contributed by atoms with Gasteiger partial charge in [-0.3, -0.25) is 9.59 Å². The van der Waals surface area contributed by atoms with Crippen molar-refractivity contribution >= 4 is 17.8 Å². The Hall–Kier alpha value is -4.26. The molecular weight excluding hydrogens is 471 g/mol. The van der Waals surface area contributed by atoms with Crippen LogP contribution in [0.15, 0.2) is 90.1 Å². The molecule has 190 valence electrons. The number of esters is 1. The predicted octanol–water partition coefficient (Wildman–Crippen LogP) is 5.11. The number of hydrogen-bond acceptors (Lipinski definition) is 4. The number of carbonyl (C=O) groups excluding carboxylic acids is 3. The Morgan fingerprint density at radius 3 is 2.32 bits per heavy atom. The average Bonchev–Trinajstić information content (AvgIpc) is 2.90. The fraction of sp³-hybridized carbons (Fsp3) is 0.233. The lowest BCUT2D eigenvalue weighted by molar-refractivity contribution is -0.140. The van der Waals surface area contributed by atoms with Gasteiger partial charge in [0.2, 0.25) is 5.91 Å². The molecule has 1 N–H and O–H groups in total. The van der Waals surface area contributed by atoms with Crippen LogP contribution in [0, 0.1) is 5.82 Å². The standard InChI is InChI=1S/C30H29FN2O4/c1-3-37-30(36)28-20(2)33(27(34)17-25(28)24-11-7-8-12-26(24)31)19-22-13-15-23(16-14-22)29(35)32-18-21-9-5-4-6-10-21/h4-16,25H,3,17-19H2,1-2H3,(H,32,35). The zero-order valence-electron chi connectivity index (χ0n) is 20.9. The first kappa shape index (κ1) is 25.8. The number of rotatable bonds is 8. The molecule has 1 heterocycles. The molecule has 37 heavy (non-hydrogen) atoms. The molecule has 3 aromatic rings. The summed E-state index contributed by atoms with van der Waals surface area (Å²) < 4.78 is 19.9. The summed E-state index contributed by atoms with van der Waals surface area (Å²) in [4.78, 5) is 40.1. The van der Waals surface area contributed by atoms with Crippen LogP contribution in [0.4, 0.5) is 4.39 Å². The lowest BCUT2D eigenvalue weighted by Crippen LogP contribution is -2.38. The van der Waals surface area contributed by atoms with Crippen molar-refractivity contribution in [2.45, 2.75) is 39.3 Å². The Morgan fingerprint density at radius 1 is 0.973 bits per heavy atom. The first-order valence-corrected chi connectivity index (χ1v) is 12.2. The van der Waals surface area contributed by atoms with Gasteiger partial charge >= 0.3 is 5.97 Å². The van der Waals surface area contributed by atoms with Crippen molar-refractivity contribution < 1.29 is 23.5 Å². The monoisotopic (exact) mass is 500 g/mol. The van der Waals surface area contributed by atoms with Crippen LogP contribution in [-0.4, -0.2) is 29.3 Å². The van der Waals surface area contributed by atoms with E-state index in [1.807, 2.05) is 30.3 Å². The molecule has 0 saturated carbocycles. The zero-order chi connectivity index (χ0) is 26.4. The third kappa shape index (κ3) is 5.94. The average molecular weight is 501 g/mol. The number of carbonyl (C=O) groups is 3. The molecule has 7 heteroatoms. The largest absolute Gasteiger partial charge is 0.463 e. The van der Waals surface area contributed by atoms with Crippen molar-refractivity contribution in [3.05, 3.63) is 118 Å². The first-order chi connectivity index (χ1) is 17.9. The quantitative estimate of drug-likeness (QED) is 0.436. The molecule has 6 nitrogen and oxygen atoms in total. The van der Waals surface area contributed by atoms with Crippen LogP contribution < -0.4 is 5.32 Å². The van der Waals surface area contributed by atoms with Crippen molar-refractivity contribution in [2.75, 3.05) is 6.61 Å². The Bertz CT molecular complexity index is 1320. The van der Waals surface area contributed by atoms with Crippen LogP contribution in [0.5, 0.6) is 0 Å². The minimum absolute atomic E-state index is 0.0492. The summed E-state index contributed by atoms with van der Waals surface area (Å²) >= 11 is 0. The highest BCUT2D eigenvalue weighted by molar-refractivity contribution is 5.96. The Morgan fingerprint density at radius 2 is 1.65 bits per heavy atom. The summed E-state index contributed by atoms with van der Waals surface area (Å²) in [6.07, 6.45) is -0.0492. The second-order valence-electron chi connectivity index (χ2n) is 8.84. The SMILES string of the molecule is CCOC(=O)C1=C(C)N(Cc2ccc(C(=O)NCc3ccccc3)cc2)C(=O)CC1c1ccccc1F. The van der Waals surface area contributed by atoms with E-state index >= 15 is 0 Å². The highest BCUT2D eigenvalue weighted by Gasteiger charge is 2.37. The van der Waals surface area contributed by atoms with E-state index in [4.69, 9.17) is 4.74 Å². The molecule has 0 radical (unpaired) electrons. The van der Waals surface area contributed by atoms with Gasteiger partial charge in [0.05, 0.1) is 18.7 Å². The number of allylic oxidation sites excluding steroid dienone is 1. The van der Waals surface area contributed by atoms with Gasteiger partial charge < -0.3 is 15.0 Å². The number of nitrogens with zero attached hydrogens (tertiary/aromatic N) is 1. The molecule has 0 aromatic heterocycles. The summed E-state index contributed by atoms with van der Waals surface area (Å²) in [5, 5.41) is 2.89. The number of amides is 2. The maximum absolute atomic E-state index is 14.6. The van der Waals surface area contributed by atoms with Crippen LogP contribution in [0.1, 0.15) is 53.2 Å². The zero-order valence-corrected chi connectivity index (χ0v) is 20.9. The molecular formula is C30H29FN2O4. The van der Waals surface area contributed by atoms with E-state index in [0.717, 1.165) is 11.1 Å². The lowest BCUT2D eigenvalue weighted by Gasteiger charge is -2.34. The number of hydrogen-bond donors (Lipinski definition) is 1. The minimum Gasteiger partial charge on any atom is -0.463 e. The molecule has 0 fully saturated rings. The van der Waals surface area contributed by atoms with Crippen molar-refractivity contribution in [3.8, 4) is 0 Å². The van der Waals surface area contributed by atoms with E-state index in [-0.39, 0.29) is 37.0 Å². The molecule has 1 aliphatic rings. The normalized spacial score (nSPS) is 15.5. The number of halogens is 1. The predicted molar refractivity (Wildman–Crippen MR) is 138 cm³/mol. The van der Waals surface area contributed by atoms with Crippen LogP contribution in [-0.2, 0) is 27.4 Å². The summed E-state index contributed by atoms with van der Waals surface area (Å²) in [7, 11) is 0. The van der Waals surface area contributed by atoms with Crippen LogP contribution in [0.3, 0.4) is 0 Å². The van der Waals surface area contributed by atoms with Gasteiger partial charge in [-0.15, -0.1) is 0 Å².